The van der Waals surface area contributed by atoms with Gasteiger partial charge in [0.15, 0.2) is 0 Å². The van der Waals surface area contributed by atoms with Crippen LogP contribution >= 0.6 is 0 Å². The Bertz CT molecular complexity index is 442. The Morgan fingerprint density at radius 1 is 1.04 bits per heavy atom. The monoisotopic (exact) mass is 346 g/mol. The second kappa shape index (κ2) is 9.58. The Kier molecular flexibility index (Phi) is 8.92. The van der Waals surface area contributed by atoms with Crippen LogP contribution in [0.1, 0.15) is 41.0 Å². The molecule has 8 nitrogen and oxygen atoms in total. The minimum atomic E-state index is -1.38. The molecule has 0 saturated carbocycles. The van der Waals surface area contributed by atoms with Crippen molar-refractivity contribution in [3.63, 3.8) is 0 Å². The minimum absolute atomic E-state index is 0.0396. The number of rotatable bonds is 9. The third kappa shape index (κ3) is 8.26. The first-order chi connectivity index (χ1) is 10.9. The Balaban J connectivity index is 4.34. The summed E-state index contributed by atoms with van der Waals surface area (Å²) in [5.74, 6) is -1.36. The van der Waals surface area contributed by atoms with Crippen molar-refractivity contribution >= 4 is 17.8 Å². The first-order valence-corrected chi connectivity index (χ1v) is 7.92. The lowest BCUT2D eigenvalue weighted by Gasteiger charge is -2.30. The van der Waals surface area contributed by atoms with Gasteiger partial charge in [-0.3, -0.25) is 14.4 Å². The molecular formula is C16H30N2O6. The van der Waals surface area contributed by atoms with Crippen LogP contribution in [0.4, 0.5) is 0 Å². The molecule has 24 heavy (non-hydrogen) atoms. The van der Waals surface area contributed by atoms with Gasteiger partial charge in [-0.25, -0.2) is 0 Å². The van der Waals surface area contributed by atoms with Crippen LogP contribution in [-0.4, -0.2) is 60.4 Å². The van der Waals surface area contributed by atoms with E-state index >= 15 is 0 Å². The van der Waals surface area contributed by atoms with Gasteiger partial charge in [-0.15, -0.1) is 0 Å². The molecule has 0 aromatic rings. The van der Waals surface area contributed by atoms with Crippen LogP contribution in [0.5, 0.6) is 0 Å². The van der Waals surface area contributed by atoms with Crippen molar-refractivity contribution < 1.29 is 29.3 Å². The molecule has 1 unspecified atom stereocenters. The van der Waals surface area contributed by atoms with Crippen LogP contribution in [0.3, 0.4) is 0 Å². The molecule has 0 spiro atoms. The number of hydrogen-bond acceptors (Lipinski definition) is 6. The van der Waals surface area contributed by atoms with Gasteiger partial charge < -0.3 is 25.6 Å². The van der Waals surface area contributed by atoms with Crippen molar-refractivity contribution in [1.82, 2.24) is 10.6 Å². The molecule has 0 saturated heterocycles. The lowest BCUT2D eigenvalue weighted by molar-refractivity contribution is -0.161. The second-order valence-electron chi connectivity index (χ2n) is 7.33. The van der Waals surface area contributed by atoms with E-state index in [0.29, 0.717) is 0 Å². The zero-order chi connectivity index (χ0) is 19.0. The molecule has 0 rings (SSSR count). The molecular weight excluding hydrogens is 316 g/mol. The van der Waals surface area contributed by atoms with Gasteiger partial charge in [0.05, 0.1) is 18.6 Å². The third-order valence-corrected chi connectivity index (χ3v) is 3.26. The molecule has 0 aromatic heterocycles. The number of ether oxygens (including phenoxy) is 1. The quantitative estimate of drug-likeness (QED) is 0.420. The number of esters is 1. The zero-order valence-corrected chi connectivity index (χ0v) is 15.1. The summed E-state index contributed by atoms with van der Waals surface area (Å²) in [6.45, 7) is 8.33. The van der Waals surface area contributed by atoms with Crippen LogP contribution in [0, 0.1) is 10.8 Å². The summed E-state index contributed by atoms with van der Waals surface area (Å²) < 4.78 is 5.16. The first-order valence-electron chi connectivity index (χ1n) is 7.92. The molecule has 0 radical (unpaired) electrons. The summed E-state index contributed by atoms with van der Waals surface area (Å²) in [7, 11) is 0. The highest BCUT2D eigenvalue weighted by molar-refractivity contribution is 5.82. The zero-order valence-electron chi connectivity index (χ0n) is 15.1. The van der Waals surface area contributed by atoms with Gasteiger partial charge in [0, 0.05) is 24.9 Å². The van der Waals surface area contributed by atoms with Gasteiger partial charge in [0.2, 0.25) is 11.8 Å². The average Bonchev–Trinajstić information content (AvgIpc) is 2.48. The van der Waals surface area contributed by atoms with Crippen molar-refractivity contribution in [1.29, 1.82) is 0 Å². The highest BCUT2D eigenvalue weighted by Crippen LogP contribution is 2.24. The van der Waals surface area contributed by atoms with Crippen molar-refractivity contribution in [2.24, 2.45) is 10.8 Å². The Labute approximate surface area is 142 Å². The summed E-state index contributed by atoms with van der Waals surface area (Å²) in [5.41, 5.74) is -1.63. The SMILES string of the molecule is CC(C)(C)C(=O)OCC(C)(C)C(O)C(=O)NCCC(=O)NCCO. The average molecular weight is 346 g/mol. The van der Waals surface area contributed by atoms with E-state index < -0.39 is 28.8 Å². The fourth-order valence-electron chi connectivity index (χ4n) is 1.58. The summed E-state index contributed by atoms with van der Waals surface area (Å²) in [4.78, 5) is 35.1. The van der Waals surface area contributed by atoms with E-state index in [1.165, 1.54) is 0 Å². The van der Waals surface area contributed by atoms with E-state index in [0.717, 1.165) is 0 Å². The van der Waals surface area contributed by atoms with Gasteiger partial charge in [-0.05, 0) is 20.8 Å². The topological polar surface area (TPSA) is 125 Å². The van der Waals surface area contributed by atoms with E-state index in [1.54, 1.807) is 34.6 Å². The molecule has 1 atom stereocenters. The number of nitrogens with one attached hydrogen (secondary N) is 2. The van der Waals surface area contributed by atoms with Crippen molar-refractivity contribution in [3.8, 4) is 0 Å². The van der Waals surface area contributed by atoms with Crippen LogP contribution in [0.25, 0.3) is 0 Å². The molecule has 0 bridgehead atoms. The van der Waals surface area contributed by atoms with E-state index in [2.05, 4.69) is 10.6 Å². The number of hydrogen-bond donors (Lipinski definition) is 4. The van der Waals surface area contributed by atoms with Crippen molar-refractivity contribution in [2.45, 2.75) is 47.1 Å². The Morgan fingerprint density at radius 2 is 1.62 bits per heavy atom. The molecule has 0 aliphatic rings. The van der Waals surface area contributed by atoms with Gasteiger partial charge >= 0.3 is 5.97 Å². The maximum atomic E-state index is 12.0. The summed E-state index contributed by atoms with van der Waals surface area (Å²) in [6.07, 6.45) is -1.34. The highest BCUT2D eigenvalue weighted by Gasteiger charge is 2.36. The molecule has 0 aliphatic heterocycles. The van der Waals surface area contributed by atoms with E-state index in [-0.39, 0.29) is 38.6 Å². The number of aliphatic hydroxyl groups excluding tert-OH is 2. The molecule has 0 aliphatic carbocycles. The fourth-order valence-corrected chi connectivity index (χ4v) is 1.58. The summed E-state index contributed by atoms with van der Waals surface area (Å²) in [6, 6.07) is 0. The highest BCUT2D eigenvalue weighted by atomic mass is 16.5. The second-order valence-corrected chi connectivity index (χ2v) is 7.33. The Hall–Kier alpha value is -1.67. The predicted octanol–water partition coefficient (Wildman–Crippen LogP) is -0.422. The van der Waals surface area contributed by atoms with Crippen molar-refractivity contribution in [3.05, 3.63) is 0 Å². The Morgan fingerprint density at radius 3 is 2.12 bits per heavy atom. The van der Waals surface area contributed by atoms with E-state index in [9.17, 15) is 19.5 Å². The third-order valence-electron chi connectivity index (χ3n) is 3.26. The normalized spacial score (nSPS) is 13.1. The predicted molar refractivity (Wildman–Crippen MR) is 87.9 cm³/mol. The molecule has 0 heterocycles. The lowest BCUT2D eigenvalue weighted by atomic mass is 9.86. The molecule has 0 fully saturated rings. The molecule has 8 heteroatoms. The van der Waals surface area contributed by atoms with Crippen LogP contribution < -0.4 is 10.6 Å². The number of carbonyl (C=O) groups excluding carboxylic acids is 3. The van der Waals surface area contributed by atoms with Crippen LogP contribution in [0.15, 0.2) is 0 Å². The van der Waals surface area contributed by atoms with Crippen LogP contribution in [0.2, 0.25) is 0 Å². The van der Waals surface area contributed by atoms with Crippen LogP contribution in [-0.2, 0) is 19.1 Å². The number of aliphatic hydroxyl groups is 2. The van der Waals surface area contributed by atoms with Gasteiger partial charge in [-0.2, -0.15) is 0 Å². The fraction of sp³-hybridized carbons (Fsp3) is 0.812. The largest absolute Gasteiger partial charge is 0.465 e. The van der Waals surface area contributed by atoms with Gasteiger partial charge in [0.1, 0.15) is 6.10 Å². The molecule has 4 N–H and O–H groups in total. The molecule has 2 amide bonds. The maximum absolute atomic E-state index is 12.0. The summed E-state index contributed by atoms with van der Waals surface area (Å²) >= 11 is 0. The first kappa shape index (κ1) is 22.3. The standard InChI is InChI=1S/C16H30N2O6/c1-15(2,3)14(23)24-10-16(4,5)12(21)13(22)18-7-6-11(20)17-8-9-19/h12,19,21H,6-10H2,1-5H3,(H,17,20)(H,18,22). The number of carbonyl (C=O) groups is 3. The molecule has 0 aromatic carbocycles. The maximum Gasteiger partial charge on any atom is 0.311 e. The summed E-state index contributed by atoms with van der Waals surface area (Å²) in [5, 5.41) is 23.6. The van der Waals surface area contributed by atoms with Gasteiger partial charge in [0.25, 0.3) is 0 Å². The minimum Gasteiger partial charge on any atom is -0.465 e. The molecule has 140 valence electrons. The van der Waals surface area contributed by atoms with E-state index in [1.807, 2.05) is 0 Å². The van der Waals surface area contributed by atoms with Gasteiger partial charge in [-0.1, -0.05) is 13.8 Å². The van der Waals surface area contributed by atoms with Crippen molar-refractivity contribution in [2.75, 3.05) is 26.3 Å². The number of amides is 2. The van der Waals surface area contributed by atoms with E-state index in [4.69, 9.17) is 9.84 Å². The smallest absolute Gasteiger partial charge is 0.311 e. The lowest BCUT2D eigenvalue weighted by Crippen LogP contribution is -2.47.